The number of carbonyl (C=O) groups is 2. The first-order valence-electron chi connectivity index (χ1n) is 10.5. The number of aryl methyl sites for hydroxylation is 1. The molecule has 0 aromatic heterocycles. The smallest absolute Gasteiger partial charge is 0.343 e. The van der Waals surface area contributed by atoms with Crippen LogP contribution in [0.5, 0.6) is 11.5 Å². The van der Waals surface area contributed by atoms with Crippen molar-refractivity contribution < 1.29 is 19.1 Å². The van der Waals surface area contributed by atoms with E-state index in [-0.39, 0.29) is 6.61 Å². The second-order valence-corrected chi connectivity index (χ2v) is 7.88. The predicted octanol–water partition coefficient (Wildman–Crippen LogP) is 5.55. The minimum Gasteiger partial charge on any atom is -0.483 e. The van der Waals surface area contributed by atoms with Gasteiger partial charge in [0.15, 0.2) is 6.61 Å². The van der Waals surface area contributed by atoms with Gasteiger partial charge in [-0.05, 0) is 59.7 Å². The monoisotopic (exact) mass is 472 g/mol. The Hall–Kier alpha value is -4.16. The number of halogens is 1. The zero-order chi connectivity index (χ0) is 23.9. The molecule has 1 N–H and O–H groups in total. The molecular formula is C27H21ClN2O4. The van der Waals surface area contributed by atoms with E-state index in [1.807, 2.05) is 55.5 Å². The fourth-order valence-corrected chi connectivity index (χ4v) is 3.43. The molecule has 0 spiro atoms. The number of hydrogen-bond donors (Lipinski definition) is 1. The number of carbonyl (C=O) groups excluding carboxylic acids is 2. The molecule has 0 aliphatic carbocycles. The molecule has 0 saturated carbocycles. The maximum Gasteiger partial charge on any atom is 0.343 e. The fraction of sp³-hybridized carbons (Fsp3) is 0.0741. The van der Waals surface area contributed by atoms with Crippen LogP contribution < -0.4 is 14.9 Å². The zero-order valence-corrected chi connectivity index (χ0v) is 19.1. The van der Waals surface area contributed by atoms with E-state index in [2.05, 4.69) is 10.5 Å². The van der Waals surface area contributed by atoms with E-state index in [4.69, 9.17) is 21.1 Å². The summed E-state index contributed by atoms with van der Waals surface area (Å²) in [4.78, 5) is 24.9. The maximum atomic E-state index is 12.6. The van der Waals surface area contributed by atoms with E-state index in [1.54, 1.807) is 36.4 Å². The highest BCUT2D eigenvalue weighted by Crippen LogP contribution is 2.27. The summed E-state index contributed by atoms with van der Waals surface area (Å²) in [5.41, 5.74) is 4.31. The van der Waals surface area contributed by atoms with Crippen LogP contribution in [0.3, 0.4) is 0 Å². The van der Waals surface area contributed by atoms with Crippen molar-refractivity contribution in [1.82, 2.24) is 5.43 Å². The summed E-state index contributed by atoms with van der Waals surface area (Å²) in [5, 5.41) is 6.34. The summed E-state index contributed by atoms with van der Waals surface area (Å²) in [6, 6.07) is 25.0. The Bertz CT molecular complexity index is 1370. The largest absolute Gasteiger partial charge is 0.483 e. The number of fused-ring (bicyclic) bond motifs is 1. The number of hydrazone groups is 1. The summed E-state index contributed by atoms with van der Waals surface area (Å²) in [7, 11) is 0. The number of benzene rings is 4. The van der Waals surface area contributed by atoms with Gasteiger partial charge in [-0.1, -0.05) is 60.1 Å². The molecule has 34 heavy (non-hydrogen) atoms. The van der Waals surface area contributed by atoms with Crippen LogP contribution in [0.15, 0.2) is 90.0 Å². The molecule has 0 fully saturated rings. The van der Waals surface area contributed by atoms with Crippen molar-refractivity contribution >= 4 is 40.5 Å². The van der Waals surface area contributed by atoms with Crippen LogP contribution in [-0.4, -0.2) is 24.7 Å². The summed E-state index contributed by atoms with van der Waals surface area (Å²) in [6.07, 6.45) is 1.46. The third-order valence-electron chi connectivity index (χ3n) is 5.05. The summed E-state index contributed by atoms with van der Waals surface area (Å²) in [5.74, 6) is -0.00314. The van der Waals surface area contributed by atoms with Crippen LogP contribution in [-0.2, 0) is 4.79 Å². The topological polar surface area (TPSA) is 77.0 Å². The first-order valence-corrected chi connectivity index (χ1v) is 10.9. The first kappa shape index (κ1) is 23.0. The van der Waals surface area contributed by atoms with Crippen LogP contribution in [0.4, 0.5) is 0 Å². The van der Waals surface area contributed by atoms with Crippen LogP contribution in [0.25, 0.3) is 10.8 Å². The molecule has 0 heterocycles. The Balaban J connectivity index is 1.51. The summed E-state index contributed by atoms with van der Waals surface area (Å²) < 4.78 is 11.2. The highest BCUT2D eigenvalue weighted by atomic mass is 35.5. The van der Waals surface area contributed by atoms with Crippen molar-refractivity contribution in [1.29, 1.82) is 0 Å². The van der Waals surface area contributed by atoms with Gasteiger partial charge in [0.05, 0.1) is 11.8 Å². The highest BCUT2D eigenvalue weighted by molar-refractivity contribution is 6.30. The van der Waals surface area contributed by atoms with Crippen LogP contribution in [0, 0.1) is 6.92 Å². The lowest BCUT2D eigenvalue weighted by Crippen LogP contribution is -2.24. The van der Waals surface area contributed by atoms with E-state index in [0.29, 0.717) is 27.6 Å². The van der Waals surface area contributed by atoms with Gasteiger partial charge in [0.1, 0.15) is 11.5 Å². The molecule has 7 heteroatoms. The third-order valence-corrected chi connectivity index (χ3v) is 5.30. The average Bonchev–Trinajstić information content (AvgIpc) is 2.85. The van der Waals surface area contributed by atoms with Gasteiger partial charge in [0.2, 0.25) is 0 Å². The van der Waals surface area contributed by atoms with Crippen LogP contribution in [0.2, 0.25) is 5.02 Å². The molecule has 0 unspecified atom stereocenters. The Morgan fingerprint density at radius 1 is 0.912 bits per heavy atom. The van der Waals surface area contributed by atoms with E-state index >= 15 is 0 Å². The third kappa shape index (κ3) is 5.60. The highest BCUT2D eigenvalue weighted by Gasteiger charge is 2.14. The molecule has 4 rings (SSSR count). The van der Waals surface area contributed by atoms with Gasteiger partial charge < -0.3 is 9.47 Å². The number of rotatable bonds is 7. The number of amides is 1. The second kappa shape index (κ2) is 10.6. The summed E-state index contributed by atoms with van der Waals surface area (Å²) >= 11 is 5.90. The summed E-state index contributed by atoms with van der Waals surface area (Å²) in [6.45, 7) is 1.72. The van der Waals surface area contributed by atoms with Gasteiger partial charge in [-0.2, -0.15) is 5.10 Å². The van der Waals surface area contributed by atoms with E-state index in [0.717, 1.165) is 16.3 Å². The number of ether oxygens (including phenoxy) is 2. The maximum absolute atomic E-state index is 12.6. The minimum atomic E-state index is -0.530. The number of nitrogens with zero attached hydrogens (tertiary/aromatic N) is 1. The SMILES string of the molecule is Cc1ccccc1OCC(=O)NN=Cc1c(OC(=O)c2ccc(Cl)cc2)ccc2ccccc12. The van der Waals surface area contributed by atoms with E-state index in [9.17, 15) is 9.59 Å². The van der Waals surface area contributed by atoms with Gasteiger partial charge in [0, 0.05) is 10.6 Å². The molecule has 6 nitrogen and oxygen atoms in total. The number of esters is 1. The lowest BCUT2D eigenvalue weighted by molar-refractivity contribution is -0.123. The first-order chi connectivity index (χ1) is 16.5. The molecule has 4 aromatic carbocycles. The van der Waals surface area contributed by atoms with E-state index < -0.39 is 11.9 Å². The molecule has 0 aliphatic rings. The molecule has 0 saturated heterocycles. The van der Waals surface area contributed by atoms with Gasteiger partial charge >= 0.3 is 5.97 Å². The van der Waals surface area contributed by atoms with Crippen LogP contribution in [0.1, 0.15) is 21.5 Å². The number of para-hydroxylation sites is 1. The molecule has 170 valence electrons. The molecular weight excluding hydrogens is 452 g/mol. The van der Waals surface area contributed by atoms with Gasteiger partial charge in [0.25, 0.3) is 5.91 Å². The molecule has 0 radical (unpaired) electrons. The average molecular weight is 473 g/mol. The van der Waals surface area contributed by atoms with Crippen molar-refractivity contribution in [2.24, 2.45) is 5.10 Å². The number of nitrogens with one attached hydrogen (secondary N) is 1. The molecule has 1 amide bonds. The molecule has 0 bridgehead atoms. The van der Waals surface area contributed by atoms with Crippen molar-refractivity contribution in [3.8, 4) is 11.5 Å². The van der Waals surface area contributed by atoms with Crippen molar-refractivity contribution in [2.75, 3.05) is 6.61 Å². The van der Waals surface area contributed by atoms with Crippen molar-refractivity contribution in [2.45, 2.75) is 6.92 Å². The minimum absolute atomic E-state index is 0.184. The quantitative estimate of drug-likeness (QED) is 0.165. The Labute approximate surface area is 201 Å². The standard InChI is InChI=1S/C27H21ClN2O4/c1-18-6-2-5-9-24(18)33-17-26(31)30-29-16-23-22-8-4-3-7-19(22)12-15-25(23)34-27(32)20-10-13-21(28)14-11-20/h2-16H,17H2,1H3,(H,30,31). The van der Waals surface area contributed by atoms with Gasteiger partial charge in [-0.3, -0.25) is 4.79 Å². The number of hydrogen-bond acceptors (Lipinski definition) is 5. The van der Waals surface area contributed by atoms with Crippen molar-refractivity contribution in [3.05, 3.63) is 107 Å². The normalized spacial score (nSPS) is 10.9. The van der Waals surface area contributed by atoms with E-state index in [1.165, 1.54) is 6.21 Å². The lowest BCUT2D eigenvalue weighted by Gasteiger charge is -2.11. The van der Waals surface area contributed by atoms with Crippen molar-refractivity contribution in [3.63, 3.8) is 0 Å². The van der Waals surface area contributed by atoms with Gasteiger partial charge in [-0.25, -0.2) is 10.2 Å². The predicted molar refractivity (Wildman–Crippen MR) is 133 cm³/mol. The molecule has 0 aliphatic heterocycles. The van der Waals surface area contributed by atoms with Crippen LogP contribution >= 0.6 is 11.6 Å². The Morgan fingerprint density at radius 2 is 1.65 bits per heavy atom. The zero-order valence-electron chi connectivity index (χ0n) is 18.3. The molecule has 4 aromatic rings. The van der Waals surface area contributed by atoms with Gasteiger partial charge in [-0.15, -0.1) is 0 Å². The Kier molecular flexibility index (Phi) is 7.20. The fourth-order valence-electron chi connectivity index (χ4n) is 3.31. The molecule has 0 atom stereocenters. The second-order valence-electron chi connectivity index (χ2n) is 7.44. The Morgan fingerprint density at radius 3 is 2.44 bits per heavy atom. The lowest BCUT2D eigenvalue weighted by atomic mass is 10.0.